The molecule has 0 spiro atoms. The molecule has 5 nitrogen and oxygen atoms in total. The molecule has 0 amide bonds. The normalized spacial score (nSPS) is 16.1. The lowest BCUT2D eigenvalue weighted by molar-refractivity contribution is 0.305. The molecule has 1 fully saturated rings. The van der Waals surface area contributed by atoms with Crippen molar-refractivity contribution in [2.24, 2.45) is 0 Å². The maximum absolute atomic E-state index is 12.1. The van der Waals surface area contributed by atoms with E-state index >= 15 is 0 Å². The summed E-state index contributed by atoms with van der Waals surface area (Å²) in [5.41, 5.74) is 0. The van der Waals surface area contributed by atoms with Crippen LogP contribution in [0.5, 0.6) is 0 Å². The third-order valence-corrected chi connectivity index (χ3v) is 5.71. The highest BCUT2D eigenvalue weighted by molar-refractivity contribution is 7.93. The van der Waals surface area contributed by atoms with Crippen LogP contribution >= 0.6 is 11.3 Å². The topological polar surface area (TPSA) is 79.3 Å². The van der Waals surface area contributed by atoms with Gasteiger partial charge in [0.05, 0.1) is 22.9 Å². The van der Waals surface area contributed by atoms with Crippen LogP contribution < -0.4 is 4.72 Å². The molecule has 1 aromatic heterocycles. The molecule has 104 valence electrons. The van der Waals surface area contributed by atoms with E-state index < -0.39 is 10.0 Å². The minimum absolute atomic E-state index is 0.0208. The van der Waals surface area contributed by atoms with E-state index in [4.69, 9.17) is 5.11 Å². The zero-order chi connectivity index (χ0) is 13.7. The number of anilines is 1. The maximum atomic E-state index is 12.1. The van der Waals surface area contributed by atoms with E-state index in [1.165, 1.54) is 11.3 Å². The summed E-state index contributed by atoms with van der Waals surface area (Å²) in [6, 6.07) is 0. The summed E-state index contributed by atoms with van der Waals surface area (Å²) in [5.74, 6) is 5.61. The molecule has 7 heteroatoms. The lowest BCUT2D eigenvalue weighted by Crippen LogP contribution is -2.25. The van der Waals surface area contributed by atoms with Gasteiger partial charge in [-0.1, -0.05) is 36.0 Å². The second-order valence-corrected chi connectivity index (χ2v) is 7.35. The molecule has 1 aliphatic carbocycles. The molecule has 2 N–H and O–H groups in total. The van der Waals surface area contributed by atoms with Crippen LogP contribution in [0.25, 0.3) is 0 Å². The lowest BCUT2D eigenvalue weighted by atomic mass is 10.4. The molecule has 0 unspecified atom stereocenters. The van der Waals surface area contributed by atoms with Crippen molar-refractivity contribution < 1.29 is 13.5 Å². The fraction of sp³-hybridized carbons (Fsp3) is 0.583. The summed E-state index contributed by atoms with van der Waals surface area (Å²) in [4.78, 5) is 4.71. The van der Waals surface area contributed by atoms with Crippen molar-refractivity contribution in [3.63, 3.8) is 0 Å². The van der Waals surface area contributed by atoms with E-state index in [0.717, 1.165) is 25.7 Å². The van der Waals surface area contributed by atoms with E-state index in [1.54, 1.807) is 6.20 Å². The van der Waals surface area contributed by atoms with E-state index in [0.29, 0.717) is 16.4 Å². The maximum Gasteiger partial charge on any atom is 0.237 e. The number of aromatic nitrogens is 1. The van der Waals surface area contributed by atoms with Crippen LogP contribution in [0.15, 0.2) is 6.20 Å². The quantitative estimate of drug-likeness (QED) is 0.827. The number of thiazole rings is 1. The van der Waals surface area contributed by atoms with E-state index in [2.05, 4.69) is 21.5 Å². The summed E-state index contributed by atoms with van der Waals surface area (Å²) < 4.78 is 26.7. The minimum atomic E-state index is -3.32. The van der Waals surface area contributed by atoms with E-state index in [-0.39, 0.29) is 11.9 Å². The molecule has 19 heavy (non-hydrogen) atoms. The summed E-state index contributed by atoms with van der Waals surface area (Å²) in [6.07, 6.45) is 5.35. The zero-order valence-corrected chi connectivity index (χ0v) is 12.1. The highest BCUT2D eigenvalue weighted by Gasteiger charge is 2.29. The fourth-order valence-corrected chi connectivity index (χ4v) is 4.46. The van der Waals surface area contributed by atoms with Crippen LogP contribution in [0.2, 0.25) is 0 Å². The van der Waals surface area contributed by atoms with Crippen molar-refractivity contribution in [3.05, 3.63) is 11.1 Å². The van der Waals surface area contributed by atoms with Crippen molar-refractivity contribution >= 4 is 26.5 Å². The predicted molar refractivity (Wildman–Crippen MR) is 75.5 cm³/mol. The van der Waals surface area contributed by atoms with Crippen molar-refractivity contribution in [3.8, 4) is 11.8 Å². The number of sulfonamides is 1. The molecule has 0 bridgehead atoms. The molecule has 2 rings (SSSR count). The first kappa shape index (κ1) is 14.3. The van der Waals surface area contributed by atoms with Gasteiger partial charge in [0.2, 0.25) is 10.0 Å². The van der Waals surface area contributed by atoms with Gasteiger partial charge in [0.25, 0.3) is 0 Å². The first-order valence-corrected chi connectivity index (χ1v) is 8.55. The first-order valence-electron chi connectivity index (χ1n) is 6.19. The van der Waals surface area contributed by atoms with Crippen LogP contribution in [0.1, 0.15) is 37.0 Å². The second-order valence-electron chi connectivity index (χ2n) is 4.36. The van der Waals surface area contributed by atoms with E-state index in [1.807, 2.05) is 0 Å². The summed E-state index contributed by atoms with van der Waals surface area (Å²) in [7, 11) is -3.32. The third-order valence-electron chi connectivity index (χ3n) is 2.92. The molecule has 0 aliphatic heterocycles. The van der Waals surface area contributed by atoms with Crippen molar-refractivity contribution in [2.45, 2.75) is 37.4 Å². The predicted octanol–water partition coefficient (Wildman–Crippen LogP) is 1.56. The van der Waals surface area contributed by atoms with Gasteiger partial charge in [-0.2, -0.15) is 0 Å². The highest BCUT2D eigenvalue weighted by atomic mass is 32.2. The molecule has 0 aromatic carbocycles. The molecular formula is C12H16N2O3S2. The Kier molecular flexibility index (Phi) is 4.80. The number of aliphatic hydroxyl groups is 1. The molecule has 1 saturated carbocycles. The van der Waals surface area contributed by atoms with Crippen LogP contribution in [-0.4, -0.2) is 30.4 Å². The number of nitrogens with one attached hydrogen (secondary N) is 1. The monoisotopic (exact) mass is 300 g/mol. The van der Waals surface area contributed by atoms with Gasteiger partial charge in [-0.25, -0.2) is 13.4 Å². The minimum Gasteiger partial charge on any atom is -0.395 e. The number of rotatable bonds is 4. The Bertz CT molecular complexity index is 578. The highest BCUT2D eigenvalue weighted by Crippen LogP contribution is 2.27. The molecule has 1 aliphatic rings. The standard InChI is InChI=1S/C12H16N2O3S2/c15-8-4-3-5-10-9-13-12(18-10)14-19(16,17)11-6-1-2-7-11/h9,11,15H,1-2,4,6-8H2,(H,13,14). The molecule has 0 radical (unpaired) electrons. The van der Waals surface area contributed by atoms with Gasteiger partial charge in [-0.05, 0) is 12.8 Å². The fourth-order valence-electron chi connectivity index (χ4n) is 1.99. The SMILES string of the molecule is O=S(=O)(Nc1ncc(C#CCCO)s1)C1CCCC1. The Morgan fingerprint density at radius 2 is 2.21 bits per heavy atom. The Morgan fingerprint density at radius 3 is 2.89 bits per heavy atom. The first-order chi connectivity index (χ1) is 9.12. The Labute approximate surface area is 117 Å². The number of hydrogen-bond donors (Lipinski definition) is 2. The average molecular weight is 300 g/mol. The zero-order valence-electron chi connectivity index (χ0n) is 10.4. The Morgan fingerprint density at radius 1 is 1.47 bits per heavy atom. The molecule has 1 aromatic rings. The molecule has 0 atom stereocenters. The second kappa shape index (κ2) is 6.37. The number of hydrogen-bond acceptors (Lipinski definition) is 5. The summed E-state index contributed by atoms with van der Waals surface area (Å²) in [6.45, 7) is 0.0208. The van der Waals surface area contributed by atoms with Crippen molar-refractivity contribution in [1.29, 1.82) is 0 Å². The van der Waals surface area contributed by atoms with Gasteiger partial charge in [0.1, 0.15) is 0 Å². The lowest BCUT2D eigenvalue weighted by Gasteiger charge is -2.10. The van der Waals surface area contributed by atoms with Gasteiger partial charge >= 0.3 is 0 Å². The summed E-state index contributed by atoms with van der Waals surface area (Å²) >= 11 is 1.21. The van der Waals surface area contributed by atoms with Gasteiger partial charge in [0, 0.05) is 6.42 Å². The van der Waals surface area contributed by atoms with Crippen molar-refractivity contribution in [2.75, 3.05) is 11.3 Å². The van der Waals surface area contributed by atoms with E-state index in [9.17, 15) is 8.42 Å². The molecule has 1 heterocycles. The smallest absolute Gasteiger partial charge is 0.237 e. The van der Waals surface area contributed by atoms with Crippen LogP contribution in [-0.2, 0) is 10.0 Å². The van der Waals surface area contributed by atoms with Gasteiger partial charge < -0.3 is 5.11 Å². The Hall–Kier alpha value is -1.10. The van der Waals surface area contributed by atoms with Crippen molar-refractivity contribution in [1.82, 2.24) is 4.98 Å². The third kappa shape index (κ3) is 3.93. The van der Waals surface area contributed by atoms with Gasteiger partial charge in [-0.15, -0.1) is 0 Å². The summed E-state index contributed by atoms with van der Waals surface area (Å²) in [5, 5.41) is 8.69. The number of nitrogens with zero attached hydrogens (tertiary/aromatic N) is 1. The molecule has 0 saturated heterocycles. The van der Waals surface area contributed by atoms with Gasteiger partial charge in [-0.3, -0.25) is 4.72 Å². The molecular weight excluding hydrogens is 284 g/mol. The van der Waals surface area contributed by atoms with Gasteiger partial charge in [0.15, 0.2) is 5.13 Å². The average Bonchev–Trinajstić information content (AvgIpc) is 3.00. The number of aliphatic hydroxyl groups excluding tert-OH is 1. The largest absolute Gasteiger partial charge is 0.395 e. The Balaban J connectivity index is 2.02. The van der Waals surface area contributed by atoms with Crippen LogP contribution in [0.4, 0.5) is 5.13 Å². The van der Waals surface area contributed by atoms with Crippen LogP contribution in [0, 0.1) is 11.8 Å². The van der Waals surface area contributed by atoms with Crippen LogP contribution in [0.3, 0.4) is 0 Å².